The summed E-state index contributed by atoms with van der Waals surface area (Å²) in [6.07, 6.45) is 2.17. The fraction of sp³-hybridized carbons (Fsp3) is 0.929. The number of carbonyl (C=O) groups excluding carboxylic acids is 1. The second-order valence-electron chi connectivity index (χ2n) is 6.06. The summed E-state index contributed by atoms with van der Waals surface area (Å²) >= 11 is 0. The molecule has 0 unspecified atom stereocenters. The van der Waals surface area contributed by atoms with Crippen molar-refractivity contribution in [3.63, 3.8) is 0 Å². The first-order valence-electron chi connectivity index (χ1n) is 7.33. The summed E-state index contributed by atoms with van der Waals surface area (Å²) in [6, 6.07) is 0. The molecule has 1 amide bonds. The molecule has 1 aliphatic heterocycles. The van der Waals surface area contributed by atoms with Crippen LogP contribution < -0.4 is 10.6 Å². The lowest BCUT2D eigenvalue weighted by Crippen LogP contribution is -2.60. The van der Waals surface area contributed by atoms with Crippen molar-refractivity contribution in [1.82, 2.24) is 20.4 Å². The van der Waals surface area contributed by atoms with Gasteiger partial charge in [-0.05, 0) is 47.3 Å². The Hall–Kier alpha value is -0.650. The van der Waals surface area contributed by atoms with Crippen molar-refractivity contribution >= 4 is 5.91 Å². The van der Waals surface area contributed by atoms with E-state index >= 15 is 0 Å². The Morgan fingerprint density at radius 1 is 1.26 bits per heavy atom. The van der Waals surface area contributed by atoms with Gasteiger partial charge < -0.3 is 15.5 Å². The van der Waals surface area contributed by atoms with Gasteiger partial charge in [-0.3, -0.25) is 9.69 Å². The molecule has 0 aromatic heterocycles. The molecule has 0 atom stereocenters. The zero-order valence-electron chi connectivity index (χ0n) is 13.0. The summed E-state index contributed by atoms with van der Waals surface area (Å²) in [6.45, 7) is 9.74. The molecule has 112 valence electrons. The molecule has 0 aromatic rings. The second-order valence-corrected chi connectivity index (χ2v) is 6.06. The molecule has 0 saturated carbocycles. The van der Waals surface area contributed by atoms with E-state index < -0.39 is 5.54 Å². The second kappa shape index (κ2) is 7.82. The predicted octanol–water partition coefficient (Wildman–Crippen LogP) is 0.128. The van der Waals surface area contributed by atoms with Crippen LogP contribution in [0.5, 0.6) is 0 Å². The lowest BCUT2D eigenvalue weighted by molar-refractivity contribution is -0.132. The number of hydrogen-bond acceptors (Lipinski definition) is 4. The van der Waals surface area contributed by atoms with Gasteiger partial charge in [0, 0.05) is 32.7 Å². The third kappa shape index (κ3) is 5.47. The van der Waals surface area contributed by atoms with E-state index in [1.54, 1.807) is 0 Å². The maximum Gasteiger partial charge on any atom is 0.239 e. The molecule has 2 N–H and O–H groups in total. The molecule has 19 heavy (non-hydrogen) atoms. The van der Waals surface area contributed by atoms with Gasteiger partial charge in [0.05, 0.1) is 5.54 Å². The van der Waals surface area contributed by atoms with Gasteiger partial charge in [-0.15, -0.1) is 0 Å². The maximum atomic E-state index is 12.3. The van der Waals surface area contributed by atoms with Gasteiger partial charge in [-0.2, -0.15) is 0 Å². The number of carbonyl (C=O) groups is 1. The monoisotopic (exact) mass is 270 g/mol. The van der Waals surface area contributed by atoms with Gasteiger partial charge in [0.25, 0.3) is 0 Å². The van der Waals surface area contributed by atoms with Crippen molar-refractivity contribution in [2.45, 2.75) is 32.2 Å². The van der Waals surface area contributed by atoms with Crippen molar-refractivity contribution in [2.75, 3.05) is 53.4 Å². The minimum Gasteiger partial charge on any atom is -0.355 e. The Morgan fingerprint density at radius 2 is 1.89 bits per heavy atom. The lowest BCUT2D eigenvalue weighted by Gasteiger charge is -2.39. The van der Waals surface area contributed by atoms with E-state index in [0.29, 0.717) is 0 Å². The normalized spacial score (nSPS) is 17.7. The summed E-state index contributed by atoms with van der Waals surface area (Å²) in [5.41, 5.74) is -0.399. The quantitative estimate of drug-likeness (QED) is 0.646. The van der Waals surface area contributed by atoms with Gasteiger partial charge in [0.15, 0.2) is 0 Å². The molecule has 1 saturated heterocycles. The highest BCUT2D eigenvalue weighted by molar-refractivity contribution is 5.85. The largest absolute Gasteiger partial charge is 0.355 e. The van der Waals surface area contributed by atoms with Crippen LogP contribution in [0.4, 0.5) is 0 Å². The first kappa shape index (κ1) is 16.4. The van der Waals surface area contributed by atoms with Crippen LogP contribution in [0, 0.1) is 0 Å². The molecule has 0 aliphatic carbocycles. The number of unbranched alkanes of at least 4 members (excludes halogenated alkanes) is 1. The molecule has 5 nitrogen and oxygen atoms in total. The molecule has 5 heteroatoms. The minimum absolute atomic E-state index is 0.152. The Bertz CT molecular complexity index is 273. The van der Waals surface area contributed by atoms with Gasteiger partial charge in [0.1, 0.15) is 0 Å². The highest BCUT2D eigenvalue weighted by atomic mass is 16.2. The summed E-state index contributed by atoms with van der Waals surface area (Å²) in [5.74, 6) is 0.152. The average molecular weight is 270 g/mol. The van der Waals surface area contributed by atoms with Gasteiger partial charge in [-0.25, -0.2) is 0 Å². The SMILES string of the molecule is CN(C)CCCCNC(=O)C(C)(C)N1CCNCC1. The van der Waals surface area contributed by atoms with E-state index in [1.165, 1.54) is 0 Å². The van der Waals surface area contributed by atoms with Gasteiger partial charge in [0.2, 0.25) is 5.91 Å². The highest BCUT2D eigenvalue weighted by Gasteiger charge is 2.34. The fourth-order valence-electron chi connectivity index (χ4n) is 2.34. The summed E-state index contributed by atoms with van der Waals surface area (Å²) in [7, 11) is 4.15. The number of nitrogens with one attached hydrogen (secondary N) is 2. The number of nitrogens with zero attached hydrogens (tertiary/aromatic N) is 2. The van der Waals surface area contributed by atoms with Crippen molar-refractivity contribution in [2.24, 2.45) is 0 Å². The molecule has 0 aromatic carbocycles. The van der Waals surface area contributed by atoms with E-state index in [0.717, 1.165) is 52.1 Å². The van der Waals surface area contributed by atoms with Crippen LogP contribution in [-0.2, 0) is 4.79 Å². The van der Waals surface area contributed by atoms with Gasteiger partial charge in [-0.1, -0.05) is 0 Å². The van der Waals surface area contributed by atoms with Crippen molar-refractivity contribution in [3.05, 3.63) is 0 Å². The number of piperazine rings is 1. The molecular weight excluding hydrogens is 240 g/mol. The first-order chi connectivity index (χ1) is 8.94. The Morgan fingerprint density at radius 3 is 2.47 bits per heavy atom. The van der Waals surface area contributed by atoms with Crippen LogP contribution in [0.15, 0.2) is 0 Å². The third-order valence-electron chi connectivity index (χ3n) is 3.78. The van der Waals surface area contributed by atoms with Crippen LogP contribution in [0.3, 0.4) is 0 Å². The van der Waals surface area contributed by atoms with E-state index in [2.05, 4.69) is 34.5 Å². The van der Waals surface area contributed by atoms with Crippen LogP contribution in [0.25, 0.3) is 0 Å². The molecule has 1 fully saturated rings. The molecule has 1 rings (SSSR count). The van der Waals surface area contributed by atoms with E-state index in [4.69, 9.17) is 0 Å². The van der Waals surface area contributed by atoms with Crippen LogP contribution in [0.1, 0.15) is 26.7 Å². The zero-order valence-corrected chi connectivity index (χ0v) is 13.0. The number of hydrogen-bond donors (Lipinski definition) is 2. The molecule has 0 spiro atoms. The average Bonchev–Trinajstić information content (AvgIpc) is 2.38. The van der Waals surface area contributed by atoms with Crippen molar-refractivity contribution < 1.29 is 4.79 Å². The van der Waals surface area contributed by atoms with Crippen molar-refractivity contribution in [1.29, 1.82) is 0 Å². The fourth-order valence-corrected chi connectivity index (χ4v) is 2.34. The topological polar surface area (TPSA) is 47.6 Å². The number of rotatable bonds is 7. The van der Waals surface area contributed by atoms with Crippen LogP contribution in [-0.4, -0.2) is 74.6 Å². The molecule has 1 heterocycles. The standard InChI is InChI=1S/C14H30N4O/c1-14(2,18-11-8-15-9-12-18)13(19)16-7-5-6-10-17(3)4/h15H,5-12H2,1-4H3,(H,16,19). The van der Waals surface area contributed by atoms with E-state index in [1.807, 2.05) is 13.8 Å². The molecular formula is C14H30N4O. The Kier molecular flexibility index (Phi) is 6.75. The van der Waals surface area contributed by atoms with Crippen LogP contribution >= 0.6 is 0 Å². The summed E-state index contributed by atoms with van der Waals surface area (Å²) < 4.78 is 0. The zero-order chi connectivity index (χ0) is 14.3. The molecule has 0 radical (unpaired) electrons. The highest BCUT2D eigenvalue weighted by Crippen LogP contribution is 2.15. The third-order valence-corrected chi connectivity index (χ3v) is 3.78. The first-order valence-corrected chi connectivity index (χ1v) is 7.33. The Balaban J connectivity index is 2.26. The number of amides is 1. The summed E-state index contributed by atoms with van der Waals surface area (Å²) in [5, 5.41) is 6.39. The van der Waals surface area contributed by atoms with Crippen molar-refractivity contribution in [3.8, 4) is 0 Å². The molecule has 0 bridgehead atoms. The van der Waals surface area contributed by atoms with E-state index in [-0.39, 0.29) is 5.91 Å². The molecule has 1 aliphatic rings. The lowest BCUT2D eigenvalue weighted by atomic mass is 10.0. The minimum atomic E-state index is -0.399. The van der Waals surface area contributed by atoms with Gasteiger partial charge >= 0.3 is 0 Å². The maximum absolute atomic E-state index is 12.3. The van der Waals surface area contributed by atoms with Crippen LogP contribution in [0.2, 0.25) is 0 Å². The smallest absolute Gasteiger partial charge is 0.239 e. The predicted molar refractivity (Wildman–Crippen MR) is 79.3 cm³/mol. The summed E-state index contributed by atoms with van der Waals surface area (Å²) in [4.78, 5) is 16.7. The Labute approximate surface area is 117 Å². The van der Waals surface area contributed by atoms with E-state index in [9.17, 15) is 4.79 Å².